The van der Waals surface area contributed by atoms with E-state index in [0.717, 1.165) is 33.8 Å². The van der Waals surface area contributed by atoms with Gasteiger partial charge in [0.15, 0.2) is 0 Å². The van der Waals surface area contributed by atoms with Crippen LogP contribution in [-0.4, -0.2) is 9.97 Å². The summed E-state index contributed by atoms with van der Waals surface area (Å²) in [4.78, 5) is 10.4. The lowest BCUT2D eigenvalue weighted by Gasteiger charge is -2.16. The lowest BCUT2D eigenvalue weighted by Crippen LogP contribution is -1.96. The number of rotatable bonds is 3. The van der Waals surface area contributed by atoms with Gasteiger partial charge in [0.25, 0.3) is 0 Å². The minimum absolute atomic E-state index is 0.856. The molecule has 0 bridgehead atoms. The molecule has 0 unspecified atom stereocenters. The molecule has 2 nitrogen and oxygen atoms in total. The van der Waals surface area contributed by atoms with E-state index >= 15 is 0 Å². The largest absolute Gasteiger partial charge is 0.252 e. The monoisotopic (exact) mass is 558 g/mol. The van der Waals surface area contributed by atoms with Crippen LogP contribution in [0, 0.1) is 0 Å². The van der Waals surface area contributed by atoms with Gasteiger partial charge in [0, 0.05) is 16.7 Å². The van der Waals surface area contributed by atoms with Crippen molar-refractivity contribution in [1.29, 1.82) is 0 Å². The normalized spacial score (nSPS) is 11.6. The van der Waals surface area contributed by atoms with Crippen LogP contribution in [0.4, 0.5) is 0 Å². The molecule has 0 saturated heterocycles. The van der Waals surface area contributed by atoms with E-state index in [1.165, 1.54) is 53.9 Å². The first-order valence-electron chi connectivity index (χ1n) is 15.0. The van der Waals surface area contributed by atoms with Crippen molar-refractivity contribution in [2.24, 2.45) is 0 Å². The smallest absolute Gasteiger partial charge is 0.0972 e. The second-order valence-electron chi connectivity index (χ2n) is 11.4. The summed E-state index contributed by atoms with van der Waals surface area (Å²) in [6, 6.07) is 54.1. The van der Waals surface area contributed by atoms with Gasteiger partial charge in [0.2, 0.25) is 0 Å². The number of hydrogen-bond donors (Lipinski definition) is 0. The van der Waals surface area contributed by atoms with Crippen LogP contribution in [0.3, 0.4) is 0 Å². The first-order valence-corrected chi connectivity index (χ1v) is 15.0. The van der Waals surface area contributed by atoms with Crippen molar-refractivity contribution < 1.29 is 0 Å². The average Bonchev–Trinajstić information content (AvgIpc) is 3.10. The van der Waals surface area contributed by atoms with Gasteiger partial charge in [-0.15, -0.1) is 0 Å². The minimum Gasteiger partial charge on any atom is -0.252 e. The fourth-order valence-corrected chi connectivity index (χ4v) is 6.87. The summed E-state index contributed by atoms with van der Waals surface area (Å²) in [6.45, 7) is 0. The van der Waals surface area contributed by atoms with E-state index < -0.39 is 0 Å². The van der Waals surface area contributed by atoms with Crippen LogP contribution in [0.2, 0.25) is 0 Å². The van der Waals surface area contributed by atoms with E-state index in [-0.39, 0.29) is 0 Å². The zero-order valence-corrected chi connectivity index (χ0v) is 23.9. The number of fused-ring (bicyclic) bond motifs is 5. The predicted octanol–water partition coefficient (Wildman–Crippen LogP) is 11.2. The van der Waals surface area contributed by atoms with Crippen molar-refractivity contribution in [2.75, 3.05) is 0 Å². The van der Waals surface area contributed by atoms with Gasteiger partial charge < -0.3 is 0 Å². The molecular weight excluding hydrogens is 532 g/mol. The molecule has 0 aliphatic rings. The Morgan fingerprint density at radius 2 is 0.864 bits per heavy atom. The number of hydrogen-bond acceptors (Lipinski definition) is 2. The Morgan fingerprint density at radius 1 is 0.341 bits per heavy atom. The highest BCUT2D eigenvalue weighted by Crippen LogP contribution is 2.42. The second kappa shape index (κ2) is 9.86. The van der Waals surface area contributed by atoms with Crippen LogP contribution in [0.25, 0.3) is 87.6 Å². The van der Waals surface area contributed by atoms with Crippen LogP contribution < -0.4 is 0 Å². The van der Waals surface area contributed by atoms with Gasteiger partial charge in [-0.05, 0) is 66.0 Å². The zero-order chi connectivity index (χ0) is 29.0. The summed E-state index contributed by atoms with van der Waals surface area (Å²) in [7, 11) is 0. The standard InChI is InChI=1S/C42H26N2/c1-3-12-28(13-4-1)41-42(29-14-5-2-6-15-29)44-38(26-43-41)31-24-30-23-22-27-16-11-21-36-34-19-9-7-17-32(34)33-18-8-10-20-35(33)37(25-31)40(30)39(27)36/h1-26H. The van der Waals surface area contributed by atoms with E-state index in [9.17, 15) is 0 Å². The molecule has 0 N–H and O–H groups in total. The quantitative estimate of drug-likeness (QED) is 0.202. The summed E-state index contributed by atoms with van der Waals surface area (Å²) in [5.74, 6) is 0. The van der Waals surface area contributed by atoms with Crippen LogP contribution in [0.15, 0.2) is 158 Å². The maximum absolute atomic E-state index is 5.32. The summed E-state index contributed by atoms with van der Waals surface area (Å²) >= 11 is 0. The molecule has 9 aromatic rings. The van der Waals surface area contributed by atoms with Crippen LogP contribution in [0.1, 0.15) is 0 Å². The van der Waals surface area contributed by atoms with Gasteiger partial charge in [-0.1, -0.05) is 140 Å². The first kappa shape index (κ1) is 24.7. The van der Waals surface area contributed by atoms with Crippen LogP contribution in [0.5, 0.6) is 0 Å². The molecule has 0 atom stereocenters. The van der Waals surface area contributed by atoms with Gasteiger partial charge in [-0.3, -0.25) is 4.98 Å². The summed E-state index contributed by atoms with van der Waals surface area (Å²) < 4.78 is 0. The molecule has 0 amide bonds. The summed E-state index contributed by atoms with van der Waals surface area (Å²) in [5, 5.41) is 12.5. The molecule has 0 fully saturated rings. The molecular formula is C42H26N2. The molecule has 1 aromatic heterocycles. The Morgan fingerprint density at radius 3 is 1.55 bits per heavy atom. The van der Waals surface area contributed by atoms with Crippen molar-refractivity contribution in [1.82, 2.24) is 9.97 Å². The summed E-state index contributed by atoms with van der Waals surface area (Å²) in [5.41, 5.74) is 5.78. The fraction of sp³-hybridized carbons (Fsp3) is 0. The SMILES string of the molecule is c1ccc(-c2ncc(-c3cc4ccc5cccc6c7ccccc7c7ccccc7c(c3)c4c56)nc2-c2ccccc2)cc1. The third-order valence-electron chi connectivity index (χ3n) is 8.85. The van der Waals surface area contributed by atoms with E-state index in [4.69, 9.17) is 9.97 Å². The number of aromatic nitrogens is 2. The first-order chi connectivity index (χ1) is 21.8. The Balaban J connectivity index is 1.42. The van der Waals surface area contributed by atoms with Crippen LogP contribution in [-0.2, 0) is 0 Å². The topological polar surface area (TPSA) is 25.8 Å². The molecule has 0 spiro atoms. The highest BCUT2D eigenvalue weighted by molar-refractivity contribution is 6.33. The van der Waals surface area contributed by atoms with Crippen molar-refractivity contribution in [3.8, 4) is 33.8 Å². The Kier molecular flexibility index (Phi) is 5.54. The van der Waals surface area contributed by atoms with Crippen LogP contribution >= 0.6 is 0 Å². The van der Waals surface area contributed by atoms with Gasteiger partial charge in [-0.25, -0.2) is 4.98 Å². The molecule has 44 heavy (non-hydrogen) atoms. The Bertz CT molecular complexity index is 2530. The molecule has 0 saturated carbocycles. The van der Waals surface area contributed by atoms with Crippen molar-refractivity contribution in [3.63, 3.8) is 0 Å². The van der Waals surface area contributed by atoms with Crippen molar-refractivity contribution >= 4 is 53.9 Å². The predicted molar refractivity (Wildman–Crippen MR) is 186 cm³/mol. The lowest BCUT2D eigenvalue weighted by molar-refractivity contribution is 1.21. The Hall–Kier alpha value is -5.86. The molecule has 8 aromatic carbocycles. The fourth-order valence-electron chi connectivity index (χ4n) is 6.87. The Labute approximate surface area is 254 Å². The maximum Gasteiger partial charge on any atom is 0.0972 e. The second-order valence-corrected chi connectivity index (χ2v) is 11.4. The highest BCUT2D eigenvalue weighted by Gasteiger charge is 2.17. The van der Waals surface area contributed by atoms with Gasteiger partial charge in [0.05, 0.1) is 23.3 Å². The van der Waals surface area contributed by atoms with Crippen molar-refractivity contribution in [2.45, 2.75) is 0 Å². The minimum atomic E-state index is 0.856. The van der Waals surface area contributed by atoms with Gasteiger partial charge in [0.1, 0.15) is 0 Å². The summed E-state index contributed by atoms with van der Waals surface area (Å²) in [6.07, 6.45) is 1.93. The molecule has 2 heteroatoms. The molecule has 0 radical (unpaired) electrons. The third-order valence-corrected chi connectivity index (χ3v) is 8.85. The third kappa shape index (κ3) is 3.82. The molecule has 1 heterocycles. The lowest BCUT2D eigenvalue weighted by atomic mass is 9.89. The number of nitrogens with zero attached hydrogens (tertiary/aromatic N) is 2. The highest BCUT2D eigenvalue weighted by atomic mass is 14.8. The zero-order valence-electron chi connectivity index (χ0n) is 23.9. The molecule has 0 aliphatic carbocycles. The van der Waals surface area contributed by atoms with Crippen molar-refractivity contribution in [3.05, 3.63) is 158 Å². The molecule has 204 valence electrons. The average molecular weight is 559 g/mol. The van der Waals surface area contributed by atoms with Gasteiger partial charge in [-0.2, -0.15) is 0 Å². The number of benzene rings is 7. The van der Waals surface area contributed by atoms with E-state index in [1.807, 2.05) is 30.5 Å². The maximum atomic E-state index is 5.32. The van der Waals surface area contributed by atoms with E-state index in [0.29, 0.717) is 0 Å². The molecule has 0 aliphatic heterocycles. The van der Waals surface area contributed by atoms with E-state index in [2.05, 4.69) is 127 Å². The molecule has 9 rings (SSSR count). The van der Waals surface area contributed by atoms with E-state index in [1.54, 1.807) is 0 Å². The van der Waals surface area contributed by atoms with Gasteiger partial charge >= 0.3 is 0 Å².